The van der Waals surface area contributed by atoms with E-state index in [1.54, 1.807) is 0 Å². The van der Waals surface area contributed by atoms with E-state index in [1.807, 2.05) is 25.8 Å². The summed E-state index contributed by atoms with van der Waals surface area (Å²) in [6, 6.07) is 0. The van der Waals surface area contributed by atoms with Crippen molar-refractivity contribution in [2.24, 2.45) is 0 Å². The standard InChI is InChI=1S/C12H22BN2S.C2H6/c1-5-10(7-15(4)9-14)6-11(2)12(3,8-16)13-11;1-2/h7,9,14,16H,5-6,8H2,1-4H3;1-2H3/b10-7+,14-9?;. The predicted molar refractivity (Wildman–Crippen MR) is 87.2 cm³/mol. The first kappa shape index (κ1) is 17.6. The maximum Gasteiger partial charge on any atom is 0.126 e. The monoisotopic (exact) mass is 267 g/mol. The van der Waals surface area contributed by atoms with Gasteiger partial charge in [0.25, 0.3) is 0 Å². The Labute approximate surface area is 119 Å². The summed E-state index contributed by atoms with van der Waals surface area (Å²) in [5.41, 5.74) is 1.40. The van der Waals surface area contributed by atoms with Crippen molar-refractivity contribution < 1.29 is 0 Å². The quantitative estimate of drug-likeness (QED) is 0.320. The SMILES string of the molecule is CC.CC/C(=C\N(C)C=N)CC1(C)[B]C1(C)CS. The van der Waals surface area contributed by atoms with Gasteiger partial charge in [-0.25, -0.2) is 0 Å². The molecule has 1 heterocycles. The first-order valence-electron chi connectivity index (χ1n) is 6.81. The molecule has 103 valence electrons. The summed E-state index contributed by atoms with van der Waals surface area (Å²) in [6.07, 6.45) is 5.54. The van der Waals surface area contributed by atoms with Gasteiger partial charge < -0.3 is 4.90 Å². The van der Waals surface area contributed by atoms with Gasteiger partial charge in [-0.2, -0.15) is 12.6 Å². The second kappa shape index (κ2) is 7.27. The van der Waals surface area contributed by atoms with Crippen molar-refractivity contribution in [1.82, 2.24) is 4.90 Å². The number of thiol groups is 1. The Bertz CT molecular complexity index is 306. The molecule has 18 heavy (non-hydrogen) atoms. The van der Waals surface area contributed by atoms with Crippen molar-refractivity contribution in [3.05, 3.63) is 11.8 Å². The molecule has 0 saturated carbocycles. The van der Waals surface area contributed by atoms with Crippen LogP contribution < -0.4 is 0 Å². The van der Waals surface area contributed by atoms with Gasteiger partial charge in [-0.05, 0) is 18.6 Å². The van der Waals surface area contributed by atoms with E-state index in [9.17, 15) is 0 Å². The molecule has 2 unspecified atom stereocenters. The average Bonchev–Trinajstić information content (AvgIpc) is 2.93. The highest BCUT2D eigenvalue weighted by Crippen LogP contribution is 2.71. The maximum atomic E-state index is 7.17. The second-order valence-corrected chi connectivity index (χ2v) is 5.57. The molecule has 0 aliphatic carbocycles. The molecule has 1 aliphatic heterocycles. The molecule has 1 saturated heterocycles. The fraction of sp³-hybridized carbons (Fsp3) is 0.786. The average molecular weight is 267 g/mol. The lowest BCUT2D eigenvalue weighted by Gasteiger charge is -2.21. The first-order chi connectivity index (χ1) is 8.40. The highest BCUT2D eigenvalue weighted by Gasteiger charge is 2.60. The van der Waals surface area contributed by atoms with Crippen LogP contribution in [-0.2, 0) is 0 Å². The smallest absolute Gasteiger partial charge is 0.126 e. The van der Waals surface area contributed by atoms with Crippen LogP contribution in [-0.4, -0.2) is 31.3 Å². The minimum atomic E-state index is 0.285. The molecule has 0 aromatic heterocycles. The summed E-state index contributed by atoms with van der Waals surface area (Å²) in [6.45, 7) is 10.7. The molecular weight excluding hydrogens is 239 g/mol. The van der Waals surface area contributed by atoms with Crippen LogP contribution in [0, 0.1) is 5.41 Å². The highest BCUT2D eigenvalue weighted by atomic mass is 32.1. The van der Waals surface area contributed by atoms with E-state index in [4.69, 9.17) is 5.41 Å². The zero-order valence-electron chi connectivity index (χ0n) is 12.7. The molecule has 4 heteroatoms. The van der Waals surface area contributed by atoms with E-state index in [2.05, 4.69) is 46.9 Å². The van der Waals surface area contributed by atoms with E-state index in [1.165, 1.54) is 11.9 Å². The summed E-state index contributed by atoms with van der Waals surface area (Å²) < 4.78 is 0. The lowest BCUT2D eigenvalue weighted by molar-refractivity contribution is 0.566. The summed E-state index contributed by atoms with van der Waals surface area (Å²) in [5.74, 6) is 0.918. The molecule has 0 aromatic rings. The van der Waals surface area contributed by atoms with Crippen molar-refractivity contribution in [2.75, 3.05) is 12.8 Å². The topological polar surface area (TPSA) is 27.1 Å². The molecular formula is C14H28BN2S. The Morgan fingerprint density at radius 3 is 2.22 bits per heavy atom. The highest BCUT2D eigenvalue weighted by molar-refractivity contribution is 7.80. The summed E-state index contributed by atoms with van der Waals surface area (Å²) in [5, 5.41) is 7.75. The van der Waals surface area contributed by atoms with Crippen LogP contribution in [0.15, 0.2) is 11.8 Å². The zero-order chi connectivity index (χ0) is 14.4. The number of hydrogen-bond donors (Lipinski definition) is 2. The van der Waals surface area contributed by atoms with Crippen LogP contribution in [0.3, 0.4) is 0 Å². The van der Waals surface area contributed by atoms with Crippen LogP contribution in [0.25, 0.3) is 0 Å². The molecule has 0 amide bonds. The Kier molecular flexibility index (Phi) is 7.12. The third kappa shape index (κ3) is 4.08. The van der Waals surface area contributed by atoms with E-state index >= 15 is 0 Å². The molecule has 1 N–H and O–H groups in total. The van der Waals surface area contributed by atoms with Gasteiger partial charge in [-0.15, -0.1) is 0 Å². The molecule has 1 radical (unpaired) electrons. The van der Waals surface area contributed by atoms with Gasteiger partial charge in [0, 0.05) is 13.2 Å². The lowest BCUT2D eigenvalue weighted by atomic mass is 9.83. The molecule has 0 spiro atoms. The summed E-state index contributed by atoms with van der Waals surface area (Å²) >= 11 is 4.42. The number of rotatable bonds is 6. The van der Waals surface area contributed by atoms with Crippen LogP contribution in [0.1, 0.15) is 47.5 Å². The molecule has 1 rings (SSSR count). The van der Waals surface area contributed by atoms with Gasteiger partial charge in [0.05, 0.1) is 6.34 Å². The zero-order valence-corrected chi connectivity index (χ0v) is 13.6. The maximum absolute atomic E-state index is 7.17. The van der Waals surface area contributed by atoms with E-state index in [0.717, 1.165) is 18.6 Å². The Hall–Kier alpha value is -0.375. The largest absolute Gasteiger partial charge is 0.343 e. The van der Waals surface area contributed by atoms with Crippen molar-refractivity contribution in [2.45, 2.75) is 58.1 Å². The van der Waals surface area contributed by atoms with Crippen molar-refractivity contribution in [3.63, 3.8) is 0 Å². The van der Waals surface area contributed by atoms with Crippen LogP contribution >= 0.6 is 12.6 Å². The molecule has 1 aliphatic rings. The van der Waals surface area contributed by atoms with Gasteiger partial charge in [-0.3, -0.25) is 5.41 Å². The number of allylic oxidation sites excluding steroid dienone is 1. The Morgan fingerprint density at radius 1 is 1.33 bits per heavy atom. The molecule has 0 aromatic carbocycles. The number of nitrogens with one attached hydrogen (secondary N) is 1. The van der Waals surface area contributed by atoms with Gasteiger partial charge in [0.2, 0.25) is 0 Å². The van der Waals surface area contributed by atoms with Crippen LogP contribution in [0.4, 0.5) is 0 Å². The van der Waals surface area contributed by atoms with Crippen LogP contribution in [0.2, 0.25) is 10.6 Å². The summed E-state index contributed by atoms with van der Waals surface area (Å²) in [4.78, 5) is 1.81. The van der Waals surface area contributed by atoms with E-state index < -0.39 is 0 Å². The molecule has 2 nitrogen and oxygen atoms in total. The molecule has 2 atom stereocenters. The van der Waals surface area contributed by atoms with Crippen molar-refractivity contribution in [1.29, 1.82) is 5.41 Å². The van der Waals surface area contributed by atoms with Crippen LogP contribution in [0.5, 0.6) is 0 Å². The minimum absolute atomic E-state index is 0.285. The van der Waals surface area contributed by atoms with Gasteiger partial charge in [-0.1, -0.05) is 50.8 Å². The molecule has 0 bridgehead atoms. The number of nitrogens with zero attached hydrogens (tertiary/aromatic N) is 1. The third-order valence-corrected chi connectivity index (χ3v) is 4.48. The normalized spacial score (nSPS) is 29.8. The van der Waals surface area contributed by atoms with Gasteiger partial charge in [0.1, 0.15) is 7.28 Å². The van der Waals surface area contributed by atoms with Gasteiger partial charge in [0.15, 0.2) is 0 Å². The Balaban J connectivity index is 0.00000137. The summed E-state index contributed by atoms with van der Waals surface area (Å²) in [7, 11) is 4.31. The van der Waals surface area contributed by atoms with E-state index in [-0.39, 0.29) is 5.31 Å². The lowest BCUT2D eigenvalue weighted by Crippen LogP contribution is -2.09. The van der Waals surface area contributed by atoms with Gasteiger partial charge >= 0.3 is 0 Å². The fourth-order valence-electron chi connectivity index (χ4n) is 2.21. The minimum Gasteiger partial charge on any atom is -0.343 e. The number of hydrogen-bond acceptors (Lipinski definition) is 2. The van der Waals surface area contributed by atoms with E-state index in [0.29, 0.717) is 5.31 Å². The second-order valence-electron chi connectivity index (χ2n) is 5.25. The Morgan fingerprint density at radius 2 is 1.89 bits per heavy atom. The third-order valence-electron chi connectivity index (χ3n) is 3.83. The first-order valence-corrected chi connectivity index (χ1v) is 7.44. The van der Waals surface area contributed by atoms with Crippen molar-refractivity contribution >= 4 is 26.2 Å². The predicted octanol–water partition coefficient (Wildman–Crippen LogP) is 4.24. The van der Waals surface area contributed by atoms with Crippen molar-refractivity contribution in [3.8, 4) is 0 Å². The fourth-order valence-corrected chi connectivity index (χ4v) is 2.66. The molecule has 1 fully saturated rings.